The van der Waals surface area contributed by atoms with Gasteiger partial charge in [-0.1, -0.05) is 12.1 Å². The van der Waals surface area contributed by atoms with E-state index in [2.05, 4.69) is 21.2 Å². The van der Waals surface area contributed by atoms with Crippen LogP contribution in [0.3, 0.4) is 0 Å². The van der Waals surface area contributed by atoms with Crippen LogP contribution in [0, 0.1) is 0 Å². The Bertz CT molecular complexity index is 976. The molecule has 1 saturated heterocycles. The van der Waals surface area contributed by atoms with Crippen molar-refractivity contribution in [2.45, 2.75) is 4.90 Å². The Labute approximate surface area is 177 Å². The Morgan fingerprint density at radius 1 is 1.17 bits per heavy atom. The second-order valence-electron chi connectivity index (χ2n) is 6.15. The molecule has 10 heteroatoms. The zero-order chi connectivity index (χ0) is 20.9. The number of nitrogens with one attached hydrogen (secondary N) is 1. The molecule has 2 aromatic rings. The summed E-state index contributed by atoms with van der Waals surface area (Å²) >= 11 is 3.35. The van der Waals surface area contributed by atoms with Crippen LogP contribution in [0.4, 0.5) is 5.69 Å². The Hall–Kier alpha value is -2.14. The standard InChI is InChI=1S/C19H21BrN2O6S/c1-26-18-7-6-14(29(24,25)22-8-10-27-11-9-22)12-16(18)21-19(23)13-28-17-5-3-2-4-15(17)20/h2-7,12H,8-11,13H2,1H3,(H,21,23). The highest BCUT2D eigenvalue weighted by atomic mass is 79.9. The van der Waals surface area contributed by atoms with Crippen molar-refractivity contribution in [3.05, 3.63) is 46.9 Å². The summed E-state index contributed by atoms with van der Waals surface area (Å²) in [5, 5.41) is 2.65. The van der Waals surface area contributed by atoms with E-state index in [0.717, 1.165) is 4.47 Å². The molecule has 0 radical (unpaired) electrons. The second-order valence-corrected chi connectivity index (χ2v) is 8.94. The van der Waals surface area contributed by atoms with Gasteiger partial charge in [0, 0.05) is 13.1 Å². The van der Waals surface area contributed by atoms with E-state index in [-0.39, 0.29) is 30.3 Å². The number of halogens is 1. The van der Waals surface area contributed by atoms with Crippen LogP contribution < -0.4 is 14.8 Å². The third-order valence-electron chi connectivity index (χ3n) is 4.25. The number of nitrogens with zero attached hydrogens (tertiary/aromatic N) is 1. The van der Waals surface area contributed by atoms with Crippen LogP contribution in [0.5, 0.6) is 11.5 Å². The molecule has 2 aromatic carbocycles. The predicted octanol–water partition coefficient (Wildman–Crippen LogP) is 2.50. The summed E-state index contributed by atoms with van der Waals surface area (Å²) in [5.74, 6) is 0.429. The van der Waals surface area contributed by atoms with Gasteiger partial charge in [-0.25, -0.2) is 8.42 Å². The molecule has 29 heavy (non-hydrogen) atoms. The van der Waals surface area contributed by atoms with Crippen LogP contribution in [0.2, 0.25) is 0 Å². The van der Waals surface area contributed by atoms with Crippen molar-refractivity contribution in [2.75, 3.05) is 45.3 Å². The molecule has 1 heterocycles. The van der Waals surface area contributed by atoms with E-state index in [1.54, 1.807) is 18.2 Å². The topological polar surface area (TPSA) is 94.2 Å². The number of para-hydroxylation sites is 1. The van der Waals surface area contributed by atoms with Gasteiger partial charge in [-0.2, -0.15) is 4.31 Å². The Morgan fingerprint density at radius 2 is 1.90 bits per heavy atom. The highest BCUT2D eigenvalue weighted by molar-refractivity contribution is 9.10. The van der Waals surface area contributed by atoms with E-state index in [9.17, 15) is 13.2 Å². The van der Waals surface area contributed by atoms with Gasteiger partial charge in [0.15, 0.2) is 6.61 Å². The molecule has 0 aromatic heterocycles. The zero-order valence-electron chi connectivity index (χ0n) is 15.8. The van der Waals surface area contributed by atoms with Crippen LogP contribution in [0.25, 0.3) is 0 Å². The molecular weight excluding hydrogens is 464 g/mol. The first-order chi connectivity index (χ1) is 13.9. The van der Waals surface area contributed by atoms with Gasteiger partial charge < -0.3 is 19.5 Å². The minimum absolute atomic E-state index is 0.0715. The fraction of sp³-hybridized carbons (Fsp3) is 0.316. The molecule has 1 aliphatic rings. The summed E-state index contributed by atoms with van der Waals surface area (Å²) in [6.45, 7) is 1.04. The maximum Gasteiger partial charge on any atom is 0.262 e. The fourth-order valence-electron chi connectivity index (χ4n) is 2.77. The van der Waals surface area contributed by atoms with Gasteiger partial charge in [0.1, 0.15) is 11.5 Å². The van der Waals surface area contributed by atoms with Crippen LogP contribution in [0.15, 0.2) is 51.8 Å². The first kappa shape index (κ1) is 21.6. The van der Waals surface area contributed by atoms with Crippen molar-refractivity contribution in [3.8, 4) is 11.5 Å². The number of carbonyl (C=O) groups is 1. The Morgan fingerprint density at radius 3 is 2.59 bits per heavy atom. The third kappa shape index (κ3) is 5.27. The number of ether oxygens (including phenoxy) is 3. The van der Waals surface area contributed by atoms with Gasteiger partial charge in [-0.15, -0.1) is 0 Å². The Kier molecular flexibility index (Phi) is 7.12. The lowest BCUT2D eigenvalue weighted by atomic mass is 10.3. The third-order valence-corrected chi connectivity index (χ3v) is 6.80. The summed E-state index contributed by atoms with van der Waals surface area (Å²) < 4.78 is 43.8. The highest BCUT2D eigenvalue weighted by Crippen LogP contribution is 2.29. The number of rotatable bonds is 7. The normalized spacial score (nSPS) is 15.0. The number of anilines is 1. The van der Waals surface area contributed by atoms with Crippen molar-refractivity contribution in [3.63, 3.8) is 0 Å². The molecule has 3 rings (SSSR count). The van der Waals surface area contributed by atoms with Crippen molar-refractivity contribution < 1.29 is 27.4 Å². The SMILES string of the molecule is COc1ccc(S(=O)(=O)N2CCOCC2)cc1NC(=O)COc1ccccc1Br. The Balaban J connectivity index is 1.75. The van der Waals surface area contributed by atoms with Crippen LogP contribution in [-0.2, 0) is 19.6 Å². The van der Waals surface area contributed by atoms with Gasteiger partial charge in [0.05, 0.1) is 35.4 Å². The van der Waals surface area contributed by atoms with E-state index in [0.29, 0.717) is 24.7 Å². The number of benzene rings is 2. The van der Waals surface area contributed by atoms with Crippen LogP contribution in [-0.4, -0.2) is 58.7 Å². The number of sulfonamides is 1. The van der Waals surface area contributed by atoms with Crippen molar-refractivity contribution in [1.29, 1.82) is 0 Å². The minimum Gasteiger partial charge on any atom is -0.495 e. The molecule has 8 nitrogen and oxygen atoms in total. The second kappa shape index (κ2) is 9.57. The van der Waals surface area contributed by atoms with Crippen LogP contribution in [0.1, 0.15) is 0 Å². The average Bonchev–Trinajstić information content (AvgIpc) is 2.73. The number of carbonyl (C=O) groups excluding carboxylic acids is 1. The highest BCUT2D eigenvalue weighted by Gasteiger charge is 2.27. The molecule has 0 aliphatic carbocycles. The first-order valence-corrected chi connectivity index (χ1v) is 11.1. The summed E-state index contributed by atoms with van der Waals surface area (Å²) in [4.78, 5) is 12.4. The quantitative estimate of drug-likeness (QED) is 0.648. The van der Waals surface area contributed by atoms with Gasteiger partial charge in [0.25, 0.3) is 5.91 Å². The fourth-order valence-corrected chi connectivity index (χ4v) is 4.61. The van der Waals surface area contributed by atoms with Gasteiger partial charge in [0.2, 0.25) is 10.0 Å². The molecule has 1 fully saturated rings. The largest absolute Gasteiger partial charge is 0.495 e. The summed E-state index contributed by atoms with van der Waals surface area (Å²) in [5.41, 5.74) is 0.252. The monoisotopic (exact) mass is 484 g/mol. The molecule has 156 valence electrons. The maximum atomic E-state index is 12.9. The van der Waals surface area contributed by atoms with Gasteiger partial charge >= 0.3 is 0 Å². The summed E-state index contributed by atoms with van der Waals surface area (Å²) in [6, 6.07) is 11.5. The number of methoxy groups -OCH3 is 1. The molecule has 1 aliphatic heterocycles. The predicted molar refractivity (Wildman–Crippen MR) is 111 cm³/mol. The van der Waals surface area contributed by atoms with Crippen molar-refractivity contribution in [2.24, 2.45) is 0 Å². The van der Waals surface area contributed by atoms with Crippen LogP contribution >= 0.6 is 15.9 Å². The average molecular weight is 485 g/mol. The number of amides is 1. The summed E-state index contributed by atoms with van der Waals surface area (Å²) in [6.07, 6.45) is 0. The number of hydrogen-bond donors (Lipinski definition) is 1. The van der Waals surface area contributed by atoms with Gasteiger partial charge in [-0.3, -0.25) is 4.79 Å². The molecule has 1 amide bonds. The molecule has 0 atom stereocenters. The smallest absolute Gasteiger partial charge is 0.262 e. The summed E-state index contributed by atoms with van der Waals surface area (Å²) in [7, 11) is -2.25. The van der Waals surface area contributed by atoms with E-state index < -0.39 is 15.9 Å². The van der Waals surface area contributed by atoms with Crippen molar-refractivity contribution >= 4 is 37.5 Å². The lowest BCUT2D eigenvalue weighted by Gasteiger charge is -2.26. The van der Waals surface area contributed by atoms with E-state index in [1.807, 2.05) is 6.07 Å². The maximum absolute atomic E-state index is 12.9. The molecule has 0 spiro atoms. The zero-order valence-corrected chi connectivity index (χ0v) is 18.2. The van der Waals surface area contributed by atoms with E-state index in [4.69, 9.17) is 14.2 Å². The van der Waals surface area contributed by atoms with Gasteiger partial charge in [-0.05, 0) is 46.3 Å². The van der Waals surface area contributed by atoms with Crippen molar-refractivity contribution in [1.82, 2.24) is 4.31 Å². The first-order valence-electron chi connectivity index (χ1n) is 8.85. The minimum atomic E-state index is -3.70. The molecular formula is C19H21BrN2O6S. The van der Waals surface area contributed by atoms with E-state index in [1.165, 1.54) is 29.6 Å². The molecule has 1 N–H and O–H groups in total. The molecule has 0 saturated carbocycles. The lowest BCUT2D eigenvalue weighted by Crippen LogP contribution is -2.40. The lowest BCUT2D eigenvalue weighted by molar-refractivity contribution is -0.118. The van der Waals surface area contributed by atoms with E-state index >= 15 is 0 Å². The molecule has 0 bridgehead atoms. The number of hydrogen-bond acceptors (Lipinski definition) is 6. The molecule has 0 unspecified atom stereocenters. The number of morpholine rings is 1.